The summed E-state index contributed by atoms with van der Waals surface area (Å²) in [4.78, 5) is 48.8. The van der Waals surface area contributed by atoms with Gasteiger partial charge in [-0.15, -0.1) is 0 Å². The maximum atomic E-state index is 12.3. The number of benzene rings is 2. The molecule has 0 saturated carbocycles. The molecule has 1 aliphatic rings. The summed E-state index contributed by atoms with van der Waals surface area (Å²) in [6.07, 6.45) is -0.0990. The molecule has 1 saturated heterocycles. The second-order valence-electron chi connectivity index (χ2n) is 7.31. The number of hydrogen-bond donors (Lipinski definition) is 2. The van der Waals surface area contributed by atoms with Crippen molar-refractivity contribution in [2.75, 3.05) is 18.5 Å². The summed E-state index contributed by atoms with van der Waals surface area (Å²) < 4.78 is 5.89. The maximum absolute atomic E-state index is 12.3. The first-order valence-corrected chi connectivity index (χ1v) is 10.4. The van der Waals surface area contributed by atoms with Crippen LogP contribution < -0.4 is 10.7 Å². The Morgan fingerprint density at radius 1 is 1.10 bits per heavy atom. The summed E-state index contributed by atoms with van der Waals surface area (Å²) in [7, 11) is 0. The van der Waals surface area contributed by atoms with Crippen molar-refractivity contribution in [1.82, 2.24) is 10.4 Å². The molecular weight excluding hydrogens is 466 g/mol. The molecule has 2 aromatic rings. The van der Waals surface area contributed by atoms with Gasteiger partial charge in [0.1, 0.15) is 0 Å². The molecule has 0 aromatic heterocycles. The molecule has 2 N–H and O–H groups in total. The Morgan fingerprint density at radius 2 is 1.81 bits per heavy atom. The van der Waals surface area contributed by atoms with Crippen molar-refractivity contribution in [2.45, 2.75) is 20.3 Å². The van der Waals surface area contributed by atoms with Crippen molar-refractivity contribution >= 4 is 45.3 Å². The lowest BCUT2D eigenvalue weighted by Gasteiger charge is -2.17. The van der Waals surface area contributed by atoms with Crippen LogP contribution in [0.5, 0.6) is 0 Å². The van der Waals surface area contributed by atoms with Crippen LogP contribution in [0.1, 0.15) is 27.9 Å². The molecule has 1 atom stereocenters. The molecule has 0 unspecified atom stereocenters. The number of nitrogens with one attached hydrogen (secondary N) is 2. The average molecular weight is 488 g/mol. The van der Waals surface area contributed by atoms with E-state index in [0.717, 1.165) is 20.6 Å². The number of amides is 3. The van der Waals surface area contributed by atoms with E-state index in [2.05, 4.69) is 26.7 Å². The van der Waals surface area contributed by atoms with Gasteiger partial charge in [0.2, 0.25) is 5.91 Å². The van der Waals surface area contributed by atoms with E-state index in [9.17, 15) is 19.2 Å². The zero-order chi connectivity index (χ0) is 22.5. The second kappa shape index (κ2) is 9.74. The van der Waals surface area contributed by atoms with E-state index >= 15 is 0 Å². The number of carbonyl (C=O) groups excluding carboxylic acids is 4. The Balaban J connectivity index is 1.48. The van der Waals surface area contributed by atoms with Gasteiger partial charge in [0.15, 0.2) is 6.61 Å². The zero-order valence-electron chi connectivity index (χ0n) is 17.1. The van der Waals surface area contributed by atoms with Crippen LogP contribution in [0.4, 0.5) is 5.69 Å². The van der Waals surface area contributed by atoms with Gasteiger partial charge in [-0.3, -0.25) is 29.6 Å². The minimum atomic E-state index is -0.757. The largest absolute Gasteiger partial charge is 0.455 e. The van der Waals surface area contributed by atoms with E-state index in [1.54, 1.807) is 30.3 Å². The molecule has 0 radical (unpaired) electrons. The van der Waals surface area contributed by atoms with Crippen LogP contribution in [0.2, 0.25) is 0 Å². The first kappa shape index (κ1) is 22.5. The normalized spacial score (nSPS) is 15.5. The summed E-state index contributed by atoms with van der Waals surface area (Å²) in [5.41, 5.74) is 5.63. The lowest BCUT2D eigenvalue weighted by Crippen LogP contribution is -2.43. The molecule has 162 valence electrons. The first-order chi connectivity index (χ1) is 14.7. The maximum Gasteiger partial charge on any atom is 0.311 e. The monoisotopic (exact) mass is 487 g/mol. The molecule has 0 spiro atoms. The van der Waals surface area contributed by atoms with Crippen LogP contribution in [0, 0.1) is 19.8 Å². The molecule has 0 bridgehead atoms. The number of nitrogens with zero attached hydrogens (tertiary/aromatic N) is 1. The lowest BCUT2D eigenvalue weighted by atomic mass is 10.1. The van der Waals surface area contributed by atoms with E-state index in [4.69, 9.17) is 4.74 Å². The predicted molar refractivity (Wildman–Crippen MR) is 117 cm³/mol. The van der Waals surface area contributed by atoms with E-state index in [1.165, 1.54) is 0 Å². The van der Waals surface area contributed by atoms with Gasteiger partial charge < -0.3 is 10.1 Å². The molecule has 31 heavy (non-hydrogen) atoms. The van der Waals surface area contributed by atoms with Gasteiger partial charge in [0.25, 0.3) is 11.8 Å². The quantitative estimate of drug-likeness (QED) is 0.609. The smallest absolute Gasteiger partial charge is 0.311 e. The Hall–Kier alpha value is -3.20. The molecular formula is C22H22BrN3O5. The third kappa shape index (κ3) is 5.91. The van der Waals surface area contributed by atoms with Gasteiger partial charge in [-0.05, 0) is 61.4 Å². The number of hydrazine groups is 1. The fourth-order valence-corrected chi connectivity index (χ4v) is 3.30. The molecule has 2 aromatic carbocycles. The highest BCUT2D eigenvalue weighted by molar-refractivity contribution is 9.10. The highest BCUT2D eigenvalue weighted by Gasteiger charge is 2.36. The summed E-state index contributed by atoms with van der Waals surface area (Å²) >= 11 is 3.29. The molecule has 8 nitrogen and oxygen atoms in total. The third-order valence-corrected chi connectivity index (χ3v) is 5.47. The minimum absolute atomic E-state index is 0.0152. The van der Waals surface area contributed by atoms with E-state index in [-0.39, 0.29) is 13.0 Å². The number of ether oxygens (including phenoxy) is 1. The minimum Gasteiger partial charge on any atom is -0.455 e. The number of carbonyl (C=O) groups is 4. The van der Waals surface area contributed by atoms with Crippen molar-refractivity contribution < 1.29 is 23.9 Å². The Kier molecular flexibility index (Phi) is 7.06. The molecule has 0 aliphatic carbocycles. The number of anilines is 1. The van der Waals surface area contributed by atoms with Crippen LogP contribution in [-0.4, -0.2) is 41.9 Å². The zero-order valence-corrected chi connectivity index (χ0v) is 18.7. The van der Waals surface area contributed by atoms with Gasteiger partial charge in [0.05, 0.1) is 12.5 Å². The number of halogens is 1. The van der Waals surface area contributed by atoms with E-state index in [0.29, 0.717) is 11.3 Å². The number of esters is 1. The standard InChI is InChI=1S/C22H22BrN3O5/c1-13-3-8-18(9-14(13)2)24-19(27)12-31-22(30)16-10-20(28)26(11-16)25-21(29)15-4-6-17(23)7-5-15/h3-9,16H,10-12H2,1-2H3,(H,24,27)(H,25,29)/t16-/m1/s1. The molecule has 3 amide bonds. The van der Waals surface area contributed by atoms with Crippen molar-refractivity contribution in [3.8, 4) is 0 Å². The van der Waals surface area contributed by atoms with Crippen LogP contribution in [0.15, 0.2) is 46.9 Å². The van der Waals surface area contributed by atoms with Gasteiger partial charge in [-0.1, -0.05) is 22.0 Å². The molecule has 1 fully saturated rings. The van der Waals surface area contributed by atoms with Gasteiger partial charge in [-0.25, -0.2) is 0 Å². The fraction of sp³-hybridized carbons (Fsp3) is 0.273. The number of rotatable bonds is 6. The highest BCUT2D eigenvalue weighted by Crippen LogP contribution is 2.19. The molecule has 3 rings (SSSR count). The number of aryl methyl sites for hydroxylation is 2. The Bertz CT molecular complexity index is 1020. The average Bonchev–Trinajstić information content (AvgIpc) is 3.10. The van der Waals surface area contributed by atoms with E-state index < -0.39 is 36.2 Å². The summed E-state index contributed by atoms with van der Waals surface area (Å²) in [5, 5.41) is 3.77. The van der Waals surface area contributed by atoms with Crippen molar-refractivity contribution in [1.29, 1.82) is 0 Å². The highest BCUT2D eigenvalue weighted by atomic mass is 79.9. The predicted octanol–water partition coefficient (Wildman–Crippen LogP) is 2.74. The first-order valence-electron chi connectivity index (χ1n) is 9.63. The topological polar surface area (TPSA) is 105 Å². The van der Waals surface area contributed by atoms with Crippen LogP contribution in [-0.2, 0) is 19.1 Å². The summed E-state index contributed by atoms with van der Waals surface area (Å²) in [6.45, 7) is 3.43. The third-order valence-electron chi connectivity index (χ3n) is 4.94. The summed E-state index contributed by atoms with van der Waals surface area (Å²) in [6, 6.07) is 12.1. The SMILES string of the molecule is Cc1ccc(NC(=O)COC(=O)[C@@H]2CC(=O)N(NC(=O)c3ccc(Br)cc3)C2)cc1C. The number of hydrogen-bond acceptors (Lipinski definition) is 5. The fourth-order valence-electron chi connectivity index (χ4n) is 3.03. The summed E-state index contributed by atoms with van der Waals surface area (Å²) in [5.74, 6) is -2.74. The van der Waals surface area contributed by atoms with Crippen LogP contribution >= 0.6 is 15.9 Å². The Labute approximate surface area is 188 Å². The van der Waals surface area contributed by atoms with Crippen molar-refractivity contribution in [3.63, 3.8) is 0 Å². The van der Waals surface area contributed by atoms with Gasteiger partial charge >= 0.3 is 5.97 Å². The molecule has 9 heteroatoms. The van der Waals surface area contributed by atoms with Gasteiger partial charge in [-0.2, -0.15) is 0 Å². The second-order valence-corrected chi connectivity index (χ2v) is 8.22. The van der Waals surface area contributed by atoms with Crippen LogP contribution in [0.25, 0.3) is 0 Å². The van der Waals surface area contributed by atoms with Crippen molar-refractivity contribution in [3.05, 3.63) is 63.6 Å². The van der Waals surface area contributed by atoms with Crippen LogP contribution in [0.3, 0.4) is 0 Å². The van der Waals surface area contributed by atoms with E-state index in [1.807, 2.05) is 26.0 Å². The van der Waals surface area contributed by atoms with Gasteiger partial charge in [0, 0.05) is 22.1 Å². The van der Waals surface area contributed by atoms with Crippen molar-refractivity contribution in [2.24, 2.45) is 5.92 Å². The molecule has 1 heterocycles. The molecule has 1 aliphatic heterocycles. The Morgan fingerprint density at radius 3 is 2.48 bits per heavy atom. The lowest BCUT2D eigenvalue weighted by molar-refractivity contribution is -0.151.